The van der Waals surface area contributed by atoms with E-state index < -0.39 is 15.5 Å². The number of nitrogens with two attached hydrogens (primary N) is 1. The van der Waals surface area contributed by atoms with E-state index in [1.165, 1.54) is 60.5 Å². The Hall–Kier alpha value is -4.18. The van der Waals surface area contributed by atoms with Gasteiger partial charge in [-0.15, -0.1) is 0 Å². The molecule has 0 saturated heterocycles. The summed E-state index contributed by atoms with van der Waals surface area (Å²) in [6.45, 7) is 19.8. The first-order valence-electron chi connectivity index (χ1n) is 23.2. The van der Waals surface area contributed by atoms with Gasteiger partial charge in [-0.25, -0.2) is 8.42 Å². The molecule has 0 fully saturated rings. The fourth-order valence-electron chi connectivity index (χ4n) is 9.77. The van der Waals surface area contributed by atoms with Gasteiger partial charge in [-0.3, -0.25) is 4.79 Å². The average molecular weight is 882 g/mol. The van der Waals surface area contributed by atoms with Crippen LogP contribution in [0.1, 0.15) is 143 Å². The number of benzene rings is 3. The maximum atomic E-state index is 11.9. The van der Waals surface area contributed by atoms with E-state index in [4.69, 9.17) is 17.3 Å². The molecule has 3 aromatic carbocycles. The van der Waals surface area contributed by atoms with E-state index in [0.29, 0.717) is 11.8 Å². The topological polar surface area (TPSA) is 110 Å². The summed E-state index contributed by atoms with van der Waals surface area (Å²) in [5.74, 6) is -0.284. The molecule has 1 amide bonds. The lowest BCUT2D eigenvalue weighted by molar-refractivity contribution is -0.438. The Kier molecular flexibility index (Phi) is 15.3. The molecule has 0 unspecified atom stereocenters. The van der Waals surface area contributed by atoms with E-state index in [1.54, 1.807) is 6.07 Å². The van der Waals surface area contributed by atoms with Gasteiger partial charge in [-0.05, 0) is 135 Å². The first-order valence-corrected chi connectivity index (χ1v) is 24.9. The summed E-state index contributed by atoms with van der Waals surface area (Å²) in [5, 5.41) is 2.44. The molecule has 8 nitrogen and oxygen atoms in total. The number of hydrogen-bond donors (Lipinski definition) is 1. The molecule has 62 heavy (non-hydrogen) atoms. The normalized spacial score (nSPS) is 18.5. The van der Waals surface area contributed by atoms with Gasteiger partial charge in [0.1, 0.15) is 16.7 Å². The van der Waals surface area contributed by atoms with Gasteiger partial charge in [0.05, 0.1) is 10.3 Å². The molecule has 3 aliphatic rings. The molecule has 0 spiro atoms. The lowest BCUT2D eigenvalue weighted by Crippen LogP contribution is -2.28. The number of amides is 1. The van der Waals surface area contributed by atoms with Gasteiger partial charge in [-0.1, -0.05) is 83.7 Å². The van der Waals surface area contributed by atoms with Crippen molar-refractivity contribution in [3.05, 3.63) is 106 Å². The number of unbranched alkanes of at least 4 members (excludes halogenated alkanes) is 5. The predicted octanol–water partition coefficient (Wildman–Crippen LogP) is 12.2. The second kappa shape index (κ2) is 20.1. The zero-order valence-electron chi connectivity index (χ0n) is 38.3. The molecule has 10 heteroatoms. The van der Waals surface area contributed by atoms with Crippen molar-refractivity contribution in [1.29, 1.82) is 0 Å². The van der Waals surface area contributed by atoms with Crippen molar-refractivity contribution >= 4 is 61.2 Å². The number of fused-ring (bicyclic) bond motifs is 4. The van der Waals surface area contributed by atoms with Gasteiger partial charge in [0, 0.05) is 77.7 Å². The Morgan fingerprint density at radius 1 is 0.871 bits per heavy atom. The van der Waals surface area contributed by atoms with Crippen molar-refractivity contribution in [2.24, 2.45) is 5.73 Å². The van der Waals surface area contributed by atoms with Gasteiger partial charge in [-0.2, -0.15) is 4.58 Å². The van der Waals surface area contributed by atoms with E-state index in [1.807, 2.05) is 12.1 Å². The SMILES string of the molecule is CCCCN(CCCC)c1ccc2c(c1)C(C)(C)C(=CC=C1CCCC(C=CC3=[N+](CCCCCC(N)=O)c4ccc5cc(S(=O)(=O)[O-])ccc5c4C3(C)C)=C1Cl)N2CCCC. The van der Waals surface area contributed by atoms with Crippen LogP contribution < -0.4 is 15.5 Å². The van der Waals surface area contributed by atoms with Crippen LogP contribution in [0.5, 0.6) is 0 Å². The fourth-order valence-corrected chi connectivity index (χ4v) is 10.6. The van der Waals surface area contributed by atoms with Crippen molar-refractivity contribution in [1.82, 2.24) is 0 Å². The molecular formula is C52H69ClN4O4S. The van der Waals surface area contributed by atoms with Crippen LogP contribution in [0.4, 0.5) is 17.1 Å². The standard InChI is InChI=1S/C52H69ClN4O4S/c1-8-11-31-55(32-12-9-2)40-24-28-44-43(36-40)51(4,5)46(56(44)33-13-10-3)29-22-37-18-17-19-38(50(37)53)23-30-47-52(6,7)49-42-26-25-41(62(59,60)61)35-39(42)21-27-45(49)57(47)34-16-14-15-20-48(54)58/h21-30,35-36H,8-20,31-34H2,1-7H3,(H2-,54,58,59,60,61). The molecule has 0 atom stereocenters. The van der Waals surface area contributed by atoms with Crippen molar-refractivity contribution < 1.29 is 22.3 Å². The van der Waals surface area contributed by atoms with E-state index in [0.717, 1.165) is 116 Å². The molecule has 0 bridgehead atoms. The third kappa shape index (κ3) is 10.1. The van der Waals surface area contributed by atoms with Gasteiger partial charge in [0.15, 0.2) is 5.71 Å². The molecule has 6 rings (SSSR count). The molecule has 0 radical (unpaired) electrons. The number of hydrogen-bond acceptors (Lipinski definition) is 6. The van der Waals surface area contributed by atoms with Gasteiger partial charge in [0.25, 0.3) is 0 Å². The molecular weight excluding hydrogens is 812 g/mol. The highest BCUT2D eigenvalue weighted by Crippen LogP contribution is 2.50. The summed E-state index contributed by atoms with van der Waals surface area (Å²) in [6, 6.07) is 15.8. The molecule has 2 heterocycles. The Morgan fingerprint density at radius 2 is 1.60 bits per heavy atom. The average Bonchev–Trinajstić information content (AvgIpc) is 3.58. The highest BCUT2D eigenvalue weighted by atomic mass is 35.5. The number of rotatable bonds is 20. The largest absolute Gasteiger partial charge is 0.744 e. The lowest BCUT2D eigenvalue weighted by Gasteiger charge is -2.27. The molecule has 334 valence electrons. The molecule has 1 aliphatic carbocycles. The molecule has 0 saturated carbocycles. The fraction of sp³-hybridized carbons (Fsp3) is 0.500. The Balaban J connectivity index is 1.35. The smallest absolute Gasteiger partial charge is 0.217 e. The summed E-state index contributed by atoms with van der Waals surface area (Å²) in [7, 11) is -4.60. The maximum Gasteiger partial charge on any atom is 0.217 e. The first kappa shape index (κ1) is 47.3. The molecule has 2 N–H and O–H groups in total. The quantitative estimate of drug-likeness (QED) is 0.0687. The molecule has 3 aromatic rings. The summed E-state index contributed by atoms with van der Waals surface area (Å²) < 4.78 is 38.1. The highest BCUT2D eigenvalue weighted by molar-refractivity contribution is 7.85. The summed E-state index contributed by atoms with van der Waals surface area (Å²) in [6.07, 6.45) is 21.6. The Bertz CT molecular complexity index is 2420. The third-order valence-corrected chi connectivity index (χ3v) is 14.6. The van der Waals surface area contributed by atoms with E-state index >= 15 is 0 Å². The van der Waals surface area contributed by atoms with Gasteiger partial charge in [0.2, 0.25) is 11.6 Å². The number of carbonyl (C=O) groups is 1. The van der Waals surface area contributed by atoms with Crippen LogP contribution in [0.25, 0.3) is 10.8 Å². The summed E-state index contributed by atoms with van der Waals surface area (Å²) in [4.78, 5) is 16.4. The zero-order valence-corrected chi connectivity index (χ0v) is 39.9. The monoisotopic (exact) mass is 880 g/mol. The summed E-state index contributed by atoms with van der Waals surface area (Å²) >= 11 is 7.39. The number of carbonyl (C=O) groups excluding carboxylic acids is 1. The second-order valence-corrected chi connectivity index (χ2v) is 20.3. The van der Waals surface area contributed by atoms with E-state index in [2.05, 4.69) is 105 Å². The minimum Gasteiger partial charge on any atom is -0.744 e. The maximum absolute atomic E-state index is 11.9. The van der Waals surface area contributed by atoms with Crippen LogP contribution in [0.3, 0.4) is 0 Å². The highest BCUT2D eigenvalue weighted by Gasteiger charge is 2.45. The molecule has 0 aromatic heterocycles. The van der Waals surface area contributed by atoms with Crippen molar-refractivity contribution in [2.75, 3.05) is 36.0 Å². The van der Waals surface area contributed by atoms with Crippen LogP contribution in [0.2, 0.25) is 0 Å². The summed E-state index contributed by atoms with van der Waals surface area (Å²) in [5.41, 5.74) is 15.7. The van der Waals surface area contributed by atoms with Crippen LogP contribution in [0.15, 0.2) is 99.6 Å². The number of primary amides is 1. The number of anilines is 2. The predicted molar refractivity (Wildman–Crippen MR) is 258 cm³/mol. The van der Waals surface area contributed by atoms with Crippen molar-refractivity contribution in [2.45, 2.75) is 148 Å². The van der Waals surface area contributed by atoms with E-state index in [-0.39, 0.29) is 16.2 Å². The van der Waals surface area contributed by atoms with Crippen LogP contribution >= 0.6 is 11.6 Å². The number of nitrogens with zero attached hydrogens (tertiary/aromatic N) is 3. The van der Waals surface area contributed by atoms with Crippen molar-refractivity contribution in [3.63, 3.8) is 0 Å². The third-order valence-electron chi connectivity index (χ3n) is 13.3. The second-order valence-electron chi connectivity index (χ2n) is 18.5. The van der Waals surface area contributed by atoms with Gasteiger partial charge < -0.3 is 20.1 Å². The van der Waals surface area contributed by atoms with Crippen LogP contribution in [-0.4, -0.2) is 55.3 Å². The lowest BCUT2D eigenvalue weighted by atomic mass is 9.78. The van der Waals surface area contributed by atoms with Gasteiger partial charge >= 0.3 is 0 Å². The zero-order chi connectivity index (χ0) is 44.8. The van der Waals surface area contributed by atoms with Crippen LogP contribution in [0, 0.1) is 0 Å². The Labute approximate surface area is 377 Å². The number of allylic oxidation sites excluding steroid dienone is 8. The minimum atomic E-state index is -4.60. The Morgan fingerprint density at radius 3 is 2.27 bits per heavy atom. The van der Waals surface area contributed by atoms with E-state index in [9.17, 15) is 17.8 Å². The van der Waals surface area contributed by atoms with Crippen LogP contribution in [-0.2, 0) is 25.7 Å². The first-order chi connectivity index (χ1) is 29.5. The number of halogens is 1. The molecule has 2 aliphatic heterocycles. The minimum absolute atomic E-state index is 0.178. The van der Waals surface area contributed by atoms with Crippen molar-refractivity contribution in [3.8, 4) is 0 Å².